The molecule has 4 nitrogen and oxygen atoms in total. The predicted octanol–water partition coefficient (Wildman–Crippen LogP) is 3.99. The largest absolute Gasteiger partial charge is 0.351 e. The molecule has 4 rings (SSSR count). The van der Waals surface area contributed by atoms with E-state index in [1.54, 1.807) is 0 Å². The predicted molar refractivity (Wildman–Crippen MR) is 102 cm³/mol. The number of rotatable bonds is 3. The van der Waals surface area contributed by atoms with Crippen molar-refractivity contribution in [2.45, 2.75) is 51.5 Å². The van der Waals surface area contributed by atoms with Gasteiger partial charge in [-0.05, 0) is 62.4 Å². The fraction of sp³-hybridized carbons (Fsp3) is 0.571. The Bertz CT molecular complexity index is 758. The molecule has 3 heterocycles. The molecule has 1 aromatic carbocycles. The molecule has 0 radical (unpaired) electrons. The Kier molecular flexibility index (Phi) is 4.55. The van der Waals surface area contributed by atoms with E-state index in [4.69, 9.17) is 0 Å². The molecule has 0 spiro atoms. The van der Waals surface area contributed by atoms with Crippen molar-refractivity contribution in [3.05, 3.63) is 35.5 Å². The van der Waals surface area contributed by atoms with E-state index in [-0.39, 0.29) is 5.91 Å². The standard InChI is InChI=1S/C21H29N3O/c1-15(2)16-7-8-17-13-20(22-19(17)12-16)21(25)24-11-5-6-18(14-24)23-9-3-4-10-23/h7-8,12-13,15,18,22H,3-6,9-11,14H2,1-2H3. The highest BCUT2D eigenvalue weighted by Gasteiger charge is 2.30. The lowest BCUT2D eigenvalue weighted by Crippen LogP contribution is -2.49. The normalized spacial score (nSPS) is 22.2. The number of hydrogen-bond acceptors (Lipinski definition) is 2. The number of H-pyrrole nitrogens is 1. The van der Waals surface area contributed by atoms with Gasteiger partial charge in [-0.3, -0.25) is 9.69 Å². The molecule has 2 aliphatic rings. The fourth-order valence-electron chi connectivity index (χ4n) is 4.33. The third-order valence-corrected chi connectivity index (χ3v) is 5.88. The zero-order valence-electron chi connectivity index (χ0n) is 15.4. The number of aromatic nitrogens is 1. The molecule has 1 unspecified atom stereocenters. The van der Waals surface area contributed by atoms with Gasteiger partial charge in [0.2, 0.25) is 0 Å². The van der Waals surface area contributed by atoms with Crippen molar-refractivity contribution in [3.8, 4) is 0 Å². The number of amides is 1. The number of carbonyl (C=O) groups is 1. The van der Waals surface area contributed by atoms with Gasteiger partial charge >= 0.3 is 0 Å². The number of nitrogens with one attached hydrogen (secondary N) is 1. The van der Waals surface area contributed by atoms with Crippen LogP contribution in [0.2, 0.25) is 0 Å². The summed E-state index contributed by atoms with van der Waals surface area (Å²) in [4.78, 5) is 21.0. The van der Waals surface area contributed by atoms with Gasteiger partial charge in [0.25, 0.3) is 5.91 Å². The molecule has 1 atom stereocenters. The molecular formula is C21H29N3O. The van der Waals surface area contributed by atoms with Crippen molar-refractivity contribution in [1.29, 1.82) is 0 Å². The maximum absolute atomic E-state index is 13.0. The van der Waals surface area contributed by atoms with Crippen LogP contribution in [-0.2, 0) is 0 Å². The Balaban J connectivity index is 1.52. The van der Waals surface area contributed by atoms with E-state index >= 15 is 0 Å². The molecule has 0 bridgehead atoms. The highest BCUT2D eigenvalue weighted by Crippen LogP contribution is 2.25. The Hall–Kier alpha value is -1.81. The van der Waals surface area contributed by atoms with E-state index in [2.05, 4.69) is 46.8 Å². The van der Waals surface area contributed by atoms with Gasteiger partial charge in [0.1, 0.15) is 5.69 Å². The first-order valence-electron chi connectivity index (χ1n) is 9.78. The quantitative estimate of drug-likeness (QED) is 0.918. The van der Waals surface area contributed by atoms with Crippen LogP contribution in [0.3, 0.4) is 0 Å². The van der Waals surface area contributed by atoms with E-state index in [0.29, 0.717) is 12.0 Å². The molecule has 1 aromatic heterocycles. The molecule has 2 aliphatic heterocycles. The smallest absolute Gasteiger partial charge is 0.270 e. The molecule has 2 aromatic rings. The molecule has 134 valence electrons. The topological polar surface area (TPSA) is 39.3 Å². The van der Waals surface area contributed by atoms with Gasteiger partial charge < -0.3 is 9.88 Å². The lowest BCUT2D eigenvalue weighted by atomic mass is 10.0. The van der Waals surface area contributed by atoms with Gasteiger partial charge in [-0.15, -0.1) is 0 Å². The summed E-state index contributed by atoms with van der Waals surface area (Å²) in [5, 5.41) is 1.13. The molecule has 2 saturated heterocycles. The second-order valence-corrected chi connectivity index (χ2v) is 7.97. The summed E-state index contributed by atoms with van der Waals surface area (Å²) < 4.78 is 0. The van der Waals surface area contributed by atoms with Crippen LogP contribution >= 0.6 is 0 Å². The van der Waals surface area contributed by atoms with Crippen molar-refractivity contribution < 1.29 is 4.79 Å². The minimum atomic E-state index is 0.159. The highest BCUT2D eigenvalue weighted by atomic mass is 16.2. The lowest BCUT2D eigenvalue weighted by Gasteiger charge is -2.37. The Morgan fingerprint density at radius 1 is 1.12 bits per heavy atom. The molecule has 1 amide bonds. The molecule has 25 heavy (non-hydrogen) atoms. The van der Waals surface area contributed by atoms with Crippen LogP contribution in [-0.4, -0.2) is 52.9 Å². The van der Waals surface area contributed by atoms with Crippen molar-refractivity contribution in [2.24, 2.45) is 0 Å². The van der Waals surface area contributed by atoms with Crippen molar-refractivity contribution in [3.63, 3.8) is 0 Å². The number of aromatic amines is 1. The molecule has 0 saturated carbocycles. The van der Waals surface area contributed by atoms with Gasteiger partial charge in [0, 0.05) is 30.0 Å². The van der Waals surface area contributed by atoms with Crippen LogP contribution in [0.4, 0.5) is 0 Å². The summed E-state index contributed by atoms with van der Waals surface area (Å²) >= 11 is 0. The van der Waals surface area contributed by atoms with E-state index in [1.807, 2.05) is 6.07 Å². The van der Waals surface area contributed by atoms with Gasteiger partial charge in [0.05, 0.1) is 0 Å². The maximum atomic E-state index is 13.0. The first kappa shape index (κ1) is 16.6. The van der Waals surface area contributed by atoms with E-state index in [0.717, 1.165) is 36.1 Å². The highest BCUT2D eigenvalue weighted by molar-refractivity contribution is 5.98. The Labute approximate surface area is 150 Å². The monoisotopic (exact) mass is 339 g/mol. The fourth-order valence-corrected chi connectivity index (χ4v) is 4.33. The van der Waals surface area contributed by atoms with Crippen LogP contribution in [0.25, 0.3) is 10.9 Å². The van der Waals surface area contributed by atoms with Crippen molar-refractivity contribution in [1.82, 2.24) is 14.8 Å². The van der Waals surface area contributed by atoms with Gasteiger partial charge in [0.15, 0.2) is 0 Å². The van der Waals surface area contributed by atoms with Crippen LogP contribution in [0.15, 0.2) is 24.3 Å². The number of piperidine rings is 1. The molecular weight excluding hydrogens is 310 g/mol. The van der Waals surface area contributed by atoms with Crippen LogP contribution in [0.5, 0.6) is 0 Å². The minimum absolute atomic E-state index is 0.159. The second kappa shape index (κ2) is 6.83. The maximum Gasteiger partial charge on any atom is 0.270 e. The van der Waals surface area contributed by atoms with Crippen LogP contribution in [0, 0.1) is 0 Å². The SMILES string of the molecule is CC(C)c1ccc2cc(C(=O)N3CCCC(N4CCCC4)C3)[nH]c2c1. The number of hydrogen-bond donors (Lipinski definition) is 1. The number of nitrogens with zero attached hydrogens (tertiary/aromatic N) is 2. The molecule has 2 fully saturated rings. The average molecular weight is 339 g/mol. The number of likely N-dealkylation sites (tertiary alicyclic amines) is 2. The molecule has 0 aliphatic carbocycles. The first-order valence-corrected chi connectivity index (χ1v) is 9.78. The minimum Gasteiger partial charge on any atom is -0.351 e. The van der Waals surface area contributed by atoms with Crippen LogP contribution < -0.4 is 0 Å². The number of benzene rings is 1. The third kappa shape index (κ3) is 3.32. The van der Waals surface area contributed by atoms with Crippen LogP contribution in [0.1, 0.15) is 61.5 Å². The van der Waals surface area contributed by atoms with Gasteiger partial charge in [-0.2, -0.15) is 0 Å². The second-order valence-electron chi connectivity index (χ2n) is 7.97. The summed E-state index contributed by atoms with van der Waals surface area (Å²) in [6, 6.07) is 9.04. The zero-order chi connectivity index (χ0) is 17.4. The zero-order valence-corrected chi connectivity index (χ0v) is 15.4. The average Bonchev–Trinajstić information content (AvgIpc) is 3.30. The van der Waals surface area contributed by atoms with Crippen molar-refractivity contribution in [2.75, 3.05) is 26.2 Å². The van der Waals surface area contributed by atoms with E-state index < -0.39 is 0 Å². The van der Waals surface area contributed by atoms with E-state index in [9.17, 15) is 4.79 Å². The van der Waals surface area contributed by atoms with Gasteiger partial charge in [-0.1, -0.05) is 26.0 Å². The summed E-state index contributed by atoms with van der Waals surface area (Å²) in [5.41, 5.74) is 3.11. The summed E-state index contributed by atoms with van der Waals surface area (Å²) in [6.07, 6.45) is 4.97. The summed E-state index contributed by atoms with van der Waals surface area (Å²) in [7, 11) is 0. The molecule has 1 N–H and O–H groups in total. The first-order chi connectivity index (χ1) is 12.1. The van der Waals surface area contributed by atoms with Crippen molar-refractivity contribution >= 4 is 16.8 Å². The summed E-state index contributed by atoms with van der Waals surface area (Å²) in [6.45, 7) is 8.57. The van der Waals surface area contributed by atoms with E-state index in [1.165, 1.54) is 37.9 Å². The Morgan fingerprint density at radius 2 is 1.92 bits per heavy atom. The Morgan fingerprint density at radius 3 is 2.68 bits per heavy atom. The summed E-state index contributed by atoms with van der Waals surface area (Å²) in [5.74, 6) is 0.654. The lowest BCUT2D eigenvalue weighted by molar-refractivity contribution is 0.0603. The third-order valence-electron chi connectivity index (χ3n) is 5.88. The van der Waals surface area contributed by atoms with Gasteiger partial charge in [-0.25, -0.2) is 0 Å². The number of carbonyl (C=O) groups excluding carboxylic acids is 1. The molecule has 4 heteroatoms. The number of fused-ring (bicyclic) bond motifs is 1.